The lowest BCUT2D eigenvalue weighted by Crippen LogP contribution is -2.43. The van der Waals surface area contributed by atoms with Crippen LogP contribution in [0.15, 0.2) is 24.3 Å². The van der Waals surface area contributed by atoms with E-state index < -0.39 is 11.8 Å². The van der Waals surface area contributed by atoms with Crippen molar-refractivity contribution in [3.05, 3.63) is 29.8 Å². The Hall–Kier alpha value is -3.10. The van der Waals surface area contributed by atoms with Gasteiger partial charge in [0.2, 0.25) is 11.8 Å². The zero-order chi connectivity index (χ0) is 21.8. The van der Waals surface area contributed by atoms with Crippen molar-refractivity contribution < 1.29 is 19.2 Å². The van der Waals surface area contributed by atoms with Crippen LogP contribution in [0.1, 0.15) is 61.7 Å². The third-order valence-corrected chi connectivity index (χ3v) is 4.91. The molecule has 1 aromatic carbocycles. The number of urea groups is 1. The molecule has 1 aliphatic rings. The summed E-state index contributed by atoms with van der Waals surface area (Å²) in [5.74, 6) is -1.15. The number of primary amides is 1. The second-order valence-corrected chi connectivity index (χ2v) is 7.40. The van der Waals surface area contributed by atoms with Crippen LogP contribution in [0.25, 0.3) is 0 Å². The molecule has 0 spiro atoms. The maximum absolute atomic E-state index is 12.3. The van der Waals surface area contributed by atoms with Gasteiger partial charge in [0.1, 0.15) is 0 Å². The van der Waals surface area contributed by atoms with Crippen molar-refractivity contribution >= 4 is 29.4 Å². The lowest BCUT2D eigenvalue weighted by Gasteiger charge is -2.22. The lowest BCUT2D eigenvalue weighted by molar-refractivity contribution is -0.118. The minimum Gasteiger partial charge on any atom is -0.370 e. The fourth-order valence-corrected chi connectivity index (χ4v) is 3.33. The SMILES string of the molecule is NC(=O)CCNC(=O)c1ccccc1NC(=O)CCCNC(=O)NC1CCCCC1. The molecule has 9 heteroatoms. The van der Waals surface area contributed by atoms with E-state index >= 15 is 0 Å². The van der Waals surface area contributed by atoms with Crippen molar-refractivity contribution in [1.82, 2.24) is 16.0 Å². The predicted octanol–water partition coefficient (Wildman–Crippen LogP) is 1.64. The Balaban J connectivity index is 1.71. The summed E-state index contributed by atoms with van der Waals surface area (Å²) < 4.78 is 0. The third kappa shape index (κ3) is 8.50. The average Bonchev–Trinajstić information content (AvgIpc) is 2.72. The normalized spacial score (nSPS) is 13.9. The quantitative estimate of drug-likeness (QED) is 0.369. The van der Waals surface area contributed by atoms with Gasteiger partial charge in [-0.2, -0.15) is 0 Å². The molecular weight excluding hydrogens is 386 g/mol. The number of anilines is 1. The van der Waals surface area contributed by atoms with Gasteiger partial charge in [-0.3, -0.25) is 14.4 Å². The minimum absolute atomic E-state index is 0.0432. The van der Waals surface area contributed by atoms with Gasteiger partial charge < -0.3 is 27.0 Å². The highest BCUT2D eigenvalue weighted by Crippen LogP contribution is 2.17. The smallest absolute Gasteiger partial charge is 0.315 e. The molecule has 1 aliphatic carbocycles. The molecule has 1 saturated carbocycles. The molecule has 0 aliphatic heterocycles. The molecular formula is C21H31N5O4. The van der Waals surface area contributed by atoms with Gasteiger partial charge in [0.05, 0.1) is 11.3 Å². The Kier molecular flexibility index (Phi) is 9.63. The molecule has 0 aromatic heterocycles. The zero-order valence-corrected chi connectivity index (χ0v) is 17.2. The predicted molar refractivity (Wildman–Crippen MR) is 114 cm³/mol. The first kappa shape index (κ1) is 23.2. The summed E-state index contributed by atoms with van der Waals surface area (Å²) in [6.07, 6.45) is 6.30. The second-order valence-electron chi connectivity index (χ2n) is 7.40. The van der Waals surface area contributed by atoms with Crippen LogP contribution >= 0.6 is 0 Å². The summed E-state index contributed by atoms with van der Waals surface area (Å²) >= 11 is 0. The van der Waals surface area contributed by atoms with Gasteiger partial charge in [0, 0.05) is 32.0 Å². The topological polar surface area (TPSA) is 142 Å². The highest BCUT2D eigenvalue weighted by atomic mass is 16.2. The van der Waals surface area contributed by atoms with Gasteiger partial charge in [-0.05, 0) is 31.4 Å². The Morgan fingerprint density at radius 2 is 1.67 bits per heavy atom. The first-order chi connectivity index (χ1) is 14.5. The molecule has 9 nitrogen and oxygen atoms in total. The fourth-order valence-electron chi connectivity index (χ4n) is 3.33. The number of carbonyl (C=O) groups is 4. The van der Waals surface area contributed by atoms with Crippen molar-refractivity contribution in [3.63, 3.8) is 0 Å². The average molecular weight is 418 g/mol. The standard InChI is InChI=1S/C21H31N5O4/c22-18(27)12-14-23-20(29)16-9-4-5-10-17(16)26-19(28)11-6-13-24-21(30)25-15-7-2-1-3-8-15/h4-5,9-10,15H,1-3,6-8,11-14H2,(H2,22,27)(H,23,29)(H,26,28)(H2,24,25,30). The Labute approximate surface area is 176 Å². The number of carbonyl (C=O) groups excluding carboxylic acids is 4. The Morgan fingerprint density at radius 1 is 0.933 bits per heavy atom. The number of amides is 5. The van der Waals surface area contributed by atoms with Crippen LogP contribution in [0.2, 0.25) is 0 Å². The summed E-state index contributed by atoms with van der Waals surface area (Å²) in [5, 5.41) is 11.1. The monoisotopic (exact) mass is 417 g/mol. The van der Waals surface area contributed by atoms with E-state index in [1.54, 1.807) is 24.3 Å². The van der Waals surface area contributed by atoms with E-state index in [4.69, 9.17) is 5.73 Å². The van der Waals surface area contributed by atoms with Gasteiger partial charge in [0.15, 0.2) is 0 Å². The van der Waals surface area contributed by atoms with Crippen LogP contribution in [0.5, 0.6) is 0 Å². The maximum atomic E-state index is 12.3. The van der Waals surface area contributed by atoms with Crippen LogP contribution in [0, 0.1) is 0 Å². The number of nitrogens with one attached hydrogen (secondary N) is 4. The number of hydrogen-bond acceptors (Lipinski definition) is 4. The number of benzene rings is 1. The van der Waals surface area contributed by atoms with Crippen molar-refractivity contribution in [2.45, 2.75) is 57.4 Å². The second kappa shape index (κ2) is 12.5. The lowest BCUT2D eigenvalue weighted by atomic mass is 9.96. The summed E-state index contributed by atoms with van der Waals surface area (Å²) in [6, 6.07) is 6.68. The van der Waals surface area contributed by atoms with E-state index in [0.29, 0.717) is 24.2 Å². The highest BCUT2D eigenvalue weighted by Gasteiger charge is 2.16. The first-order valence-corrected chi connectivity index (χ1v) is 10.5. The highest BCUT2D eigenvalue weighted by molar-refractivity contribution is 6.03. The minimum atomic E-state index is -0.502. The third-order valence-electron chi connectivity index (χ3n) is 4.91. The summed E-state index contributed by atoms with van der Waals surface area (Å²) in [4.78, 5) is 47.2. The molecule has 164 valence electrons. The van der Waals surface area contributed by atoms with Gasteiger partial charge in [0.25, 0.3) is 5.91 Å². The largest absolute Gasteiger partial charge is 0.370 e. The Morgan fingerprint density at radius 3 is 2.40 bits per heavy atom. The van der Waals surface area contributed by atoms with Crippen molar-refractivity contribution in [2.24, 2.45) is 5.73 Å². The van der Waals surface area contributed by atoms with Crippen molar-refractivity contribution in [1.29, 1.82) is 0 Å². The van der Waals surface area contributed by atoms with Gasteiger partial charge in [-0.25, -0.2) is 4.79 Å². The van der Waals surface area contributed by atoms with E-state index in [2.05, 4.69) is 21.3 Å². The molecule has 1 fully saturated rings. The molecule has 0 atom stereocenters. The van der Waals surface area contributed by atoms with E-state index in [-0.39, 0.29) is 37.4 Å². The molecule has 6 N–H and O–H groups in total. The zero-order valence-electron chi connectivity index (χ0n) is 17.2. The van der Waals surface area contributed by atoms with Gasteiger partial charge in [-0.15, -0.1) is 0 Å². The molecule has 1 aromatic rings. The number of para-hydroxylation sites is 1. The van der Waals surface area contributed by atoms with Gasteiger partial charge in [-0.1, -0.05) is 31.4 Å². The van der Waals surface area contributed by atoms with Gasteiger partial charge >= 0.3 is 6.03 Å². The van der Waals surface area contributed by atoms with E-state index in [1.807, 2.05) is 0 Å². The number of rotatable bonds is 10. The molecule has 5 amide bonds. The molecule has 0 heterocycles. The first-order valence-electron chi connectivity index (χ1n) is 10.5. The van der Waals surface area contributed by atoms with Crippen LogP contribution in [0.3, 0.4) is 0 Å². The number of hydrogen-bond donors (Lipinski definition) is 5. The van der Waals surface area contributed by atoms with Crippen LogP contribution < -0.4 is 27.0 Å². The van der Waals surface area contributed by atoms with Crippen molar-refractivity contribution in [2.75, 3.05) is 18.4 Å². The summed E-state index contributed by atoms with van der Waals surface area (Å²) in [5.41, 5.74) is 5.76. The molecule has 0 saturated heterocycles. The van der Waals surface area contributed by atoms with Crippen LogP contribution in [0.4, 0.5) is 10.5 Å². The molecule has 0 unspecified atom stereocenters. The van der Waals surface area contributed by atoms with Crippen molar-refractivity contribution in [3.8, 4) is 0 Å². The molecule has 30 heavy (non-hydrogen) atoms. The fraction of sp³-hybridized carbons (Fsp3) is 0.524. The van der Waals surface area contributed by atoms with Crippen LogP contribution in [-0.2, 0) is 9.59 Å². The van der Waals surface area contributed by atoms with E-state index in [9.17, 15) is 19.2 Å². The molecule has 2 rings (SSSR count). The number of nitrogens with two attached hydrogens (primary N) is 1. The van der Waals surface area contributed by atoms with E-state index in [1.165, 1.54) is 6.42 Å². The Bertz CT molecular complexity index is 747. The van der Waals surface area contributed by atoms with E-state index in [0.717, 1.165) is 25.7 Å². The maximum Gasteiger partial charge on any atom is 0.315 e. The summed E-state index contributed by atoms with van der Waals surface area (Å²) in [7, 11) is 0. The molecule has 0 bridgehead atoms. The van der Waals surface area contributed by atoms with Crippen LogP contribution in [-0.4, -0.2) is 42.9 Å². The molecule has 0 radical (unpaired) electrons. The summed E-state index contributed by atoms with van der Waals surface area (Å²) in [6.45, 7) is 0.520.